The van der Waals surface area contributed by atoms with E-state index in [4.69, 9.17) is 0 Å². The van der Waals surface area contributed by atoms with Crippen molar-refractivity contribution in [3.63, 3.8) is 0 Å². The number of nitrogens with zero attached hydrogens (tertiary/aromatic N) is 2. The molecule has 0 unspecified atom stereocenters. The van der Waals surface area contributed by atoms with E-state index in [-0.39, 0.29) is 0 Å². The highest BCUT2D eigenvalue weighted by Gasteiger charge is 2.46. The Balaban J connectivity index is 0.910. The average Bonchev–Trinajstić information content (AvgIpc) is 4.01. The number of aromatic nitrogens is 2. The Morgan fingerprint density at radius 1 is 0.269 bits per heavy atom. The molecule has 0 saturated heterocycles. The maximum atomic E-state index is 2.43. The molecule has 1 aliphatic rings. The SMILES string of the molecule is C(=Cc1ccc2c(c1)c1ccccc1n2-c1ccccc1)c1ccc2c(c1)C(c1ccccc1)(c1ccccc1)c1cc(C=Cc3ccc4c(c3)c3ccccc3n4-c3ccccc3)ccc1-2. The van der Waals surface area contributed by atoms with Crippen molar-refractivity contribution in [1.82, 2.24) is 9.13 Å². The average molecular weight is 853 g/mol. The first-order valence-electron chi connectivity index (χ1n) is 23.2. The van der Waals surface area contributed by atoms with E-state index in [1.807, 2.05) is 0 Å². The van der Waals surface area contributed by atoms with E-state index in [0.717, 1.165) is 0 Å². The van der Waals surface area contributed by atoms with Crippen molar-refractivity contribution in [3.05, 3.63) is 287 Å². The van der Waals surface area contributed by atoms with Gasteiger partial charge in [0.2, 0.25) is 0 Å². The fraction of sp³-hybridized carbons (Fsp3) is 0.0154. The van der Waals surface area contributed by atoms with E-state index < -0.39 is 5.41 Å². The quantitative estimate of drug-likeness (QED) is 0.135. The van der Waals surface area contributed by atoms with Crippen LogP contribution in [-0.4, -0.2) is 9.13 Å². The molecule has 2 aromatic heterocycles. The molecule has 0 atom stereocenters. The Morgan fingerprint density at radius 3 is 1.01 bits per heavy atom. The Hall–Kier alpha value is -8.72. The molecule has 0 fully saturated rings. The van der Waals surface area contributed by atoms with Crippen molar-refractivity contribution >= 4 is 67.9 Å². The number of para-hydroxylation sites is 4. The van der Waals surface area contributed by atoms with Crippen LogP contribution in [-0.2, 0) is 5.41 Å². The van der Waals surface area contributed by atoms with E-state index in [2.05, 4.69) is 276 Å². The fourth-order valence-electron chi connectivity index (χ4n) is 11.0. The minimum absolute atomic E-state index is 0.531. The first kappa shape index (κ1) is 38.7. The summed E-state index contributed by atoms with van der Waals surface area (Å²) in [6, 6.07) is 88.8. The van der Waals surface area contributed by atoms with Gasteiger partial charge in [0.15, 0.2) is 0 Å². The van der Waals surface area contributed by atoms with Gasteiger partial charge in [-0.05, 0) is 128 Å². The van der Waals surface area contributed by atoms with Crippen LogP contribution in [0, 0.1) is 0 Å². The highest BCUT2D eigenvalue weighted by atomic mass is 15.0. The van der Waals surface area contributed by atoms with E-state index >= 15 is 0 Å². The first-order chi connectivity index (χ1) is 33.2. The van der Waals surface area contributed by atoms with Gasteiger partial charge in [0.1, 0.15) is 0 Å². The smallest absolute Gasteiger partial charge is 0.0713 e. The minimum atomic E-state index is -0.531. The molecule has 10 aromatic carbocycles. The maximum Gasteiger partial charge on any atom is 0.0713 e. The molecule has 13 rings (SSSR count). The van der Waals surface area contributed by atoms with Crippen molar-refractivity contribution in [2.45, 2.75) is 5.41 Å². The molecule has 0 saturated carbocycles. The van der Waals surface area contributed by atoms with Crippen molar-refractivity contribution in [1.29, 1.82) is 0 Å². The third kappa shape index (κ3) is 6.26. The summed E-state index contributed by atoms with van der Waals surface area (Å²) in [4.78, 5) is 0. The molecule has 0 amide bonds. The van der Waals surface area contributed by atoms with Crippen LogP contribution < -0.4 is 0 Å². The molecule has 2 heterocycles. The van der Waals surface area contributed by atoms with Crippen LogP contribution in [0.3, 0.4) is 0 Å². The van der Waals surface area contributed by atoms with Crippen LogP contribution >= 0.6 is 0 Å². The van der Waals surface area contributed by atoms with Gasteiger partial charge in [0, 0.05) is 32.9 Å². The molecule has 1 aliphatic carbocycles. The largest absolute Gasteiger partial charge is 0.309 e. The molecule has 0 radical (unpaired) electrons. The predicted molar refractivity (Wildman–Crippen MR) is 283 cm³/mol. The zero-order chi connectivity index (χ0) is 44.3. The lowest BCUT2D eigenvalue weighted by atomic mass is 9.67. The molecular formula is C65H44N2. The lowest BCUT2D eigenvalue weighted by Crippen LogP contribution is -2.28. The molecule has 0 N–H and O–H groups in total. The zero-order valence-electron chi connectivity index (χ0n) is 36.8. The van der Waals surface area contributed by atoms with Crippen LogP contribution in [0.2, 0.25) is 0 Å². The monoisotopic (exact) mass is 852 g/mol. The highest BCUT2D eigenvalue weighted by molar-refractivity contribution is 6.11. The number of fused-ring (bicyclic) bond motifs is 9. The van der Waals surface area contributed by atoms with Crippen molar-refractivity contribution < 1.29 is 0 Å². The van der Waals surface area contributed by atoms with Gasteiger partial charge in [-0.15, -0.1) is 0 Å². The molecule has 12 aromatic rings. The Labute approximate surface area is 390 Å². The fourth-order valence-corrected chi connectivity index (χ4v) is 11.0. The molecule has 0 aliphatic heterocycles. The minimum Gasteiger partial charge on any atom is -0.309 e. The highest BCUT2D eigenvalue weighted by Crippen LogP contribution is 2.56. The van der Waals surface area contributed by atoms with Gasteiger partial charge in [0.05, 0.1) is 27.5 Å². The second-order valence-corrected chi connectivity index (χ2v) is 17.7. The summed E-state index contributed by atoms with van der Waals surface area (Å²) in [7, 11) is 0. The van der Waals surface area contributed by atoms with Gasteiger partial charge in [-0.2, -0.15) is 0 Å². The van der Waals surface area contributed by atoms with Crippen LogP contribution in [0.1, 0.15) is 44.5 Å². The third-order valence-electron chi connectivity index (χ3n) is 14.0. The summed E-state index contributed by atoms with van der Waals surface area (Å²) < 4.78 is 4.74. The van der Waals surface area contributed by atoms with Crippen LogP contribution in [0.25, 0.3) is 90.4 Å². The number of hydrogen-bond donors (Lipinski definition) is 0. The van der Waals surface area contributed by atoms with Crippen LogP contribution in [0.5, 0.6) is 0 Å². The molecule has 0 bridgehead atoms. The van der Waals surface area contributed by atoms with Crippen molar-refractivity contribution in [3.8, 4) is 22.5 Å². The summed E-state index contributed by atoms with van der Waals surface area (Å²) in [5.74, 6) is 0. The lowest BCUT2D eigenvalue weighted by molar-refractivity contribution is 0.768. The molecule has 2 nitrogen and oxygen atoms in total. The van der Waals surface area contributed by atoms with E-state index in [1.54, 1.807) is 0 Å². The molecule has 314 valence electrons. The normalized spacial score (nSPS) is 13.1. The molecule has 67 heavy (non-hydrogen) atoms. The van der Waals surface area contributed by atoms with Gasteiger partial charge < -0.3 is 9.13 Å². The zero-order valence-corrected chi connectivity index (χ0v) is 36.8. The van der Waals surface area contributed by atoms with Gasteiger partial charge >= 0.3 is 0 Å². The number of benzene rings is 10. The van der Waals surface area contributed by atoms with Crippen LogP contribution in [0.15, 0.2) is 243 Å². The summed E-state index contributed by atoms with van der Waals surface area (Å²) in [5, 5.41) is 5.01. The number of rotatable bonds is 8. The van der Waals surface area contributed by atoms with Gasteiger partial charge in [-0.3, -0.25) is 0 Å². The van der Waals surface area contributed by atoms with Gasteiger partial charge in [-0.25, -0.2) is 0 Å². The Morgan fingerprint density at radius 2 is 0.597 bits per heavy atom. The van der Waals surface area contributed by atoms with Gasteiger partial charge in [0.25, 0.3) is 0 Å². The van der Waals surface area contributed by atoms with Gasteiger partial charge in [-0.1, -0.05) is 194 Å². The van der Waals surface area contributed by atoms with E-state index in [9.17, 15) is 0 Å². The van der Waals surface area contributed by atoms with Crippen LogP contribution in [0.4, 0.5) is 0 Å². The molecular weight excluding hydrogens is 809 g/mol. The summed E-state index contributed by atoms with van der Waals surface area (Å²) in [6.07, 6.45) is 9.10. The lowest BCUT2D eigenvalue weighted by Gasteiger charge is -2.34. The summed E-state index contributed by atoms with van der Waals surface area (Å²) in [6.45, 7) is 0. The van der Waals surface area contributed by atoms with Crippen molar-refractivity contribution in [2.75, 3.05) is 0 Å². The topological polar surface area (TPSA) is 9.86 Å². The molecule has 2 heteroatoms. The standard InChI is InChI=1S/C65H44N2/c1-5-17-49(18-6-1)65(50-19-7-2-8-20-50)59-43-47(31-29-45-35-39-63-57(41-45)55-25-13-15-27-61(55)66(63)51-21-9-3-10-22-51)33-37-53(59)54-38-34-48(44-60(54)65)32-30-46-36-40-64-58(42-46)56-26-14-16-28-62(56)67(64)52-23-11-4-12-24-52/h1-44H. The second kappa shape index (κ2) is 15.8. The van der Waals surface area contributed by atoms with E-state index in [0.29, 0.717) is 0 Å². The Bertz CT molecular complexity index is 3630. The molecule has 0 spiro atoms. The summed E-state index contributed by atoms with van der Waals surface area (Å²) in [5.41, 5.74) is 18.9. The number of hydrogen-bond acceptors (Lipinski definition) is 0. The summed E-state index contributed by atoms with van der Waals surface area (Å²) >= 11 is 0. The first-order valence-corrected chi connectivity index (χ1v) is 23.2. The van der Waals surface area contributed by atoms with E-state index in [1.165, 1.54) is 111 Å². The maximum absolute atomic E-state index is 2.43. The van der Waals surface area contributed by atoms with Crippen molar-refractivity contribution in [2.24, 2.45) is 0 Å². The Kier molecular flexibility index (Phi) is 9.11. The second-order valence-electron chi connectivity index (χ2n) is 17.7. The predicted octanol–water partition coefficient (Wildman–Crippen LogP) is 16.6. The third-order valence-corrected chi connectivity index (χ3v) is 14.0.